The second-order valence-corrected chi connectivity index (χ2v) is 27.1. The standard InChI is InChI=1S/C81H64BN7/c1-79(2,3)55-41-64-65-42-56(80(4,5)6)44-69(85-11)78(65)89(77(64)68(43-55)84-10)61-38-40-67-72(48-61)87(59-35-31-53(32-36-59)51-23-16-13-17-24-51)74-46-57(81(7,8)9)45-73-75(74)82(67)66-39-37-60(88-70-28-19-18-26-62(70)63-27-20-25-54(49-83)76(63)88)47-71(66)86(73)58-33-29-52(30-34-58)50-21-14-12-15-22-50/h12-48H,1-9H3. The highest BCUT2D eigenvalue weighted by Gasteiger charge is 2.45. The molecule has 0 aliphatic carbocycles. The predicted octanol–water partition coefficient (Wildman–Crippen LogP) is 20.2. The molecule has 0 atom stereocenters. The van der Waals surface area contributed by atoms with Gasteiger partial charge in [0.05, 0.1) is 40.8 Å². The number of nitriles is 1. The molecular formula is C81H64BN7. The van der Waals surface area contributed by atoms with E-state index >= 15 is 0 Å². The average molecular weight is 1150 g/mol. The minimum atomic E-state index is -0.291. The van der Waals surface area contributed by atoms with Crippen LogP contribution >= 0.6 is 0 Å². The van der Waals surface area contributed by atoms with E-state index in [9.17, 15) is 5.26 Å². The highest BCUT2D eigenvalue weighted by atomic mass is 15.2. The SMILES string of the molecule is [C-]#[N+]c1cc(C(C)(C)C)cc2c3cc(C(C)(C)C)cc([N+]#[C-])c3n(-c3ccc4c(c3)N(c3ccc(-c5ccccc5)cc3)c3cc(C(C)(C)C)cc5c3B4c3ccc(-n4c6ccccc6c6cccc(C#N)c64)cc3N5c3ccc(-c4ccccc4)cc3)c12. The van der Waals surface area contributed by atoms with Gasteiger partial charge in [-0.05, 0) is 144 Å². The van der Waals surface area contributed by atoms with Gasteiger partial charge in [0.1, 0.15) is 6.07 Å². The maximum Gasteiger partial charge on any atom is 0.252 e. The quantitative estimate of drug-likeness (QED) is 0.123. The summed E-state index contributed by atoms with van der Waals surface area (Å²) in [6.07, 6.45) is 0. The van der Waals surface area contributed by atoms with Crippen molar-refractivity contribution in [2.45, 2.75) is 78.6 Å². The number of aromatic nitrogens is 2. The van der Waals surface area contributed by atoms with E-state index in [0.717, 1.165) is 133 Å². The number of benzene rings is 11. The van der Waals surface area contributed by atoms with Crippen molar-refractivity contribution in [1.29, 1.82) is 5.26 Å². The normalized spacial score (nSPS) is 12.9. The molecule has 2 aliphatic heterocycles. The molecule has 8 heteroatoms. The van der Waals surface area contributed by atoms with Crippen LogP contribution in [0.4, 0.5) is 45.5 Å². The molecule has 0 amide bonds. The van der Waals surface area contributed by atoms with E-state index in [2.05, 4.69) is 309 Å². The van der Waals surface area contributed by atoms with Gasteiger partial charge < -0.3 is 18.9 Å². The van der Waals surface area contributed by atoms with Crippen LogP contribution in [0, 0.1) is 24.5 Å². The lowest BCUT2D eigenvalue weighted by molar-refractivity contribution is 0.590. The molecule has 0 saturated carbocycles. The summed E-state index contributed by atoms with van der Waals surface area (Å²) in [5, 5.41) is 14.8. The largest absolute Gasteiger partial charge is 0.329 e. The van der Waals surface area contributed by atoms with E-state index in [1.165, 1.54) is 11.0 Å². The fraction of sp³-hybridized carbons (Fsp3) is 0.148. The van der Waals surface area contributed by atoms with Crippen LogP contribution in [-0.4, -0.2) is 15.8 Å². The third-order valence-electron chi connectivity index (χ3n) is 18.6. The van der Waals surface area contributed by atoms with Crippen molar-refractivity contribution < 1.29 is 0 Å². The van der Waals surface area contributed by atoms with Crippen LogP contribution in [-0.2, 0) is 16.2 Å². The number of hydrogen-bond donors (Lipinski definition) is 0. The molecule has 2 aliphatic rings. The molecule has 4 heterocycles. The first-order valence-corrected chi connectivity index (χ1v) is 30.6. The zero-order chi connectivity index (χ0) is 61.4. The predicted molar refractivity (Wildman–Crippen MR) is 373 cm³/mol. The Morgan fingerprint density at radius 2 is 0.787 bits per heavy atom. The van der Waals surface area contributed by atoms with E-state index < -0.39 is 0 Å². The van der Waals surface area contributed by atoms with Crippen LogP contribution in [0.3, 0.4) is 0 Å². The number of anilines is 6. The lowest BCUT2D eigenvalue weighted by Crippen LogP contribution is -2.61. The highest BCUT2D eigenvalue weighted by molar-refractivity contribution is 7.00. The summed E-state index contributed by atoms with van der Waals surface area (Å²) in [6, 6.07) is 83.5. The number of hydrogen-bond acceptors (Lipinski definition) is 3. The van der Waals surface area contributed by atoms with Crippen molar-refractivity contribution >= 4 is 112 Å². The van der Waals surface area contributed by atoms with Crippen LogP contribution in [0.25, 0.3) is 86.9 Å². The fourth-order valence-corrected chi connectivity index (χ4v) is 14.0. The van der Waals surface area contributed by atoms with Crippen LogP contribution < -0.4 is 26.2 Å². The fourth-order valence-electron chi connectivity index (χ4n) is 14.0. The van der Waals surface area contributed by atoms with Gasteiger partial charge in [0.2, 0.25) is 11.4 Å². The molecule has 0 saturated heterocycles. The van der Waals surface area contributed by atoms with E-state index in [-0.39, 0.29) is 23.0 Å². The van der Waals surface area contributed by atoms with Gasteiger partial charge in [0, 0.05) is 56.3 Å². The molecule has 0 spiro atoms. The molecule has 2 aromatic heterocycles. The summed E-state index contributed by atoms with van der Waals surface area (Å²) < 4.78 is 4.50. The zero-order valence-corrected chi connectivity index (χ0v) is 51.6. The summed E-state index contributed by atoms with van der Waals surface area (Å²) in [4.78, 5) is 13.6. The van der Waals surface area contributed by atoms with Crippen molar-refractivity contribution in [2.75, 3.05) is 9.80 Å². The monoisotopic (exact) mass is 1150 g/mol. The highest BCUT2D eigenvalue weighted by Crippen LogP contribution is 2.50. The molecule has 426 valence electrons. The molecule has 7 nitrogen and oxygen atoms in total. The molecule has 13 aromatic rings. The molecule has 0 fully saturated rings. The van der Waals surface area contributed by atoms with Crippen molar-refractivity contribution in [3.8, 4) is 39.7 Å². The Kier molecular flexibility index (Phi) is 12.4. The summed E-state index contributed by atoms with van der Waals surface area (Å²) in [7, 11) is 0. The molecule has 0 bridgehead atoms. The molecule has 11 aromatic carbocycles. The molecular weight excluding hydrogens is 1080 g/mol. The van der Waals surface area contributed by atoms with Gasteiger partial charge in [-0.2, -0.15) is 5.26 Å². The number of nitrogens with zero attached hydrogens (tertiary/aromatic N) is 7. The number of fused-ring (bicyclic) bond motifs is 10. The van der Waals surface area contributed by atoms with E-state index in [0.29, 0.717) is 16.9 Å². The Morgan fingerprint density at radius 1 is 0.371 bits per heavy atom. The first kappa shape index (κ1) is 54.8. The maximum absolute atomic E-state index is 10.8. The van der Waals surface area contributed by atoms with Crippen molar-refractivity contribution in [2.24, 2.45) is 0 Å². The Balaban J connectivity index is 1.05. The second-order valence-electron chi connectivity index (χ2n) is 27.1. The third-order valence-corrected chi connectivity index (χ3v) is 18.6. The van der Waals surface area contributed by atoms with Crippen LogP contribution in [0.2, 0.25) is 0 Å². The van der Waals surface area contributed by atoms with Crippen molar-refractivity contribution in [1.82, 2.24) is 9.13 Å². The summed E-state index contributed by atoms with van der Waals surface area (Å²) in [5.74, 6) is 0. The van der Waals surface area contributed by atoms with E-state index in [4.69, 9.17) is 13.1 Å². The Morgan fingerprint density at radius 3 is 1.25 bits per heavy atom. The minimum absolute atomic E-state index is 0.242. The molecule has 15 rings (SSSR count). The van der Waals surface area contributed by atoms with Crippen LogP contribution in [0.5, 0.6) is 0 Å². The smallest absolute Gasteiger partial charge is 0.252 e. The van der Waals surface area contributed by atoms with Gasteiger partial charge in [-0.1, -0.05) is 225 Å². The van der Waals surface area contributed by atoms with Crippen LogP contribution in [0.1, 0.15) is 84.6 Å². The number of para-hydroxylation sites is 2. The van der Waals surface area contributed by atoms with Gasteiger partial charge in [0.25, 0.3) is 6.71 Å². The zero-order valence-electron chi connectivity index (χ0n) is 51.6. The average Bonchev–Trinajstić information content (AvgIpc) is 1.39. The molecule has 0 N–H and O–H groups in total. The Labute approximate surface area is 521 Å². The van der Waals surface area contributed by atoms with Crippen molar-refractivity contribution in [3.63, 3.8) is 0 Å². The first-order valence-electron chi connectivity index (χ1n) is 30.6. The van der Waals surface area contributed by atoms with Gasteiger partial charge in [-0.25, -0.2) is 9.69 Å². The van der Waals surface area contributed by atoms with Gasteiger partial charge in [-0.15, -0.1) is 0 Å². The summed E-state index contributed by atoms with van der Waals surface area (Å²) in [5.41, 5.74) is 23.8. The van der Waals surface area contributed by atoms with Gasteiger partial charge >= 0.3 is 0 Å². The molecule has 89 heavy (non-hydrogen) atoms. The lowest BCUT2D eigenvalue weighted by atomic mass is 9.33. The summed E-state index contributed by atoms with van der Waals surface area (Å²) in [6.45, 7) is 37.6. The Hall–Kier alpha value is -10.8. The minimum Gasteiger partial charge on any atom is -0.329 e. The third kappa shape index (κ3) is 8.67. The topological polar surface area (TPSA) is 48.9 Å². The summed E-state index contributed by atoms with van der Waals surface area (Å²) >= 11 is 0. The van der Waals surface area contributed by atoms with E-state index in [1.54, 1.807) is 0 Å². The van der Waals surface area contributed by atoms with Crippen molar-refractivity contribution in [3.05, 3.63) is 270 Å². The molecule has 0 unspecified atom stereocenters. The van der Waals surface area contributed by atoms with E-state index in [1.807, 2.05) is 12.1 Å². The lowest BCUT2D eigenvalue weighted by Gasteiger charge is -2.45. The first-order chi connectivity index (χ1) is 42.9. The maximum atomic E-state index is 10.8. The van der Waals surface area contributed by atoms with Gasteiger partial charge in [-0.3, -0.25) is 0 Å². The number of rotatable bonds is 6. The van der Waals surface area contributed by atoms with Crippen LogP contribution in [0.15, 0.2) is 224 Å². The second kappa shape index (κ2) is 20.1. The Bertz CT molecular complexity index is 5130. The molecule has 0 radical (unpaired) electrons. The van der Waals surface area contributed by atoms with Gasteiger partial charge in [0.15, 0.2) is 0 Å².